The van der Waals surface area contributed by atoms with Crippen LogP contribution in [0.5, 0.6) is 5.75 Å². The Morgan fingerprint density at radius 2 is 2.08 bits per heavy atom. The second-order valence-corrected chi connectivity index (χ2v) is 6.64. The molecule has 0 unspecified atom stereocenters. The average Bonchev–Trinajstić information content (AvgIpc) is 2.83. The molecule has 0 saturated heterocycles. The largest absolute Gasteiger partial charge is 0.481 e. The lowest BCUT2D eigenvalue weighted by molar-refractivity contribution is -0.386. The summed E-state index contributed by atoms with van der Waals surface area (Å²) in [5.41, 5.74) is 2.37. The molecule has 0 bridgehead atoms. The molecule has 0 spiro atoms. The number of nitro benzene ring substituents is 1. The van der Waals surface area contributed by atoms with Gasteiger partial charge in [0.15, 0.2) is 5.75 Å². The molecule has 130 valence electrons. The van der Waals surface area contributed by atoms with Crippen LogP contribution in [-0.4, -0.2) is 20.3 Å². The molecule has 2 aromatic rings. The second kappa shape index (κ2) is 6.90. The number of hydrogen-bond donors (Lipinski definition) is 1. The van der Waals surface area contributed by atoms with Gasteiger partial charge in [0.1, 0.15) is 5.60 Å². The van der Waals surface area contributed by atoms with Crippen LogP contribution < -0.4 is 10.1 Å². The number of aryl methyl sites for hydroxylation is 2. The first kappa shape index (κ1) is 17.8. The summed E-state index contributed by atoms with van der Waals surface area (Å²) in [5, 5.41) is 18.9. The van der Waals surface area contributed by atoms with Crippen LogP contribution in [0.25, 0.3) is 0 Å². The lowest BCUT2D eigenvalue weighted by Crippen LogP contribution is -2.23. The molecule has 1 heterocycles. The van der Waals surface area contributed by atoms with Crippen LogP contribution in [0.3, 0.4) is 0 Å². The minimum atomic E-state index is -0.512. The van der Waals surface area contributed by atoms with Crippen molar-refractivity contribution in [3.63, 3.8) is 0 Å². The third-order valence-electron chi connectivity index (χ3n) is 3.38. The Labute approximate surface area is 141 Å². The summed E-state index contributed by atoms with van der Waals surface area (Å²) in [6.45, 7) is 8.25. The number of hydrogen-bond acceptors (Lipinski definition) is 5. The molecule has 0 aliphatic carbocycles. The monoisotopic (exact) mass is 332 g/mol. The van der Waals surface area contributed by atoms with Gasteiger partial charge < -0.3 is 10.1 Å². The van der Waals surface area contributed by atoms with E-state index in [0.29, 0.717) is 6.54 Å². The highest BCUT2D eigenvalue weighted by Crippen LogP contribution is 2.33. The molecular formula is C17H24N4O3. The number of ether oxygens (including phenoxy) is 1. The fourth-order valence-electron chi connectivity index (χ4n) is 2.41. The molecule has 1 N–H and O–H groups in total. The summed E-state index contributed by atoms with van der Waals surface area (Å²) in [4.78, 5) is 10.7. The van der Waals surface area contributed by atoms with Gasteiger partial charge in [0, 0.05) is 43.2 Å². The van der Waals surface area contributed by atoms with Gasteiger partial charge in [-0.3, -0.25) is 14.8 Å². The van der Waals surface area contributed by atoms with Crippen molar-refractivity contribution in [2.75, 3.05) is 5.32 Å². The summed E-state index contributed by atoms with van der Waals surface area (Å²) in [6.07, 6.45) is 2.83. The fourth-order valence-corrected chi connectivity index (χ4v) is 2.41. The van der Waals surface area contributed by atoms with E-state index in [2.05, 4.69) is 17.3 Å². The maximum absolute atomic E-state index is 11.2. The topological polar surface area (TPSA) is 82.2 Å². The highest BCUT2D eigenvalue weighted by atomic mass is 16.6. The van der Waals surface area contributed by atoms with E-state index in [-0.39, 0.29) is 11.4 Å². The molecule has 2 rings (SSSR count). The van der Waals surface area contributed by atoms with Crippen LogP contribution in [0.4, 0.5) is 11.4 Å². The second-order valence-electron chi connectivity index (χ2n) is 6.64. The number of benzene rings is 1. The zero-order chi connectivity index (χ0) is 17.9. The van der Waals surface area contributed by atoms with Crippen LogP contribution in [-0.2, 0) is 20.0 Å². The van der Waals surface area contributed by atoms with Gasteiger partial charge in [0.25, 0.3) is 0 Å². The van der Waals surface area contributed by atoms with Crippen LogP contribution >= 0.6 is 0 Å². The van der Waals surface area contributed by atoms with Crippen molar-refractivity contribution in [3.8, 4) is 5.75 Å². The van der Waals surface area contributed by atoms with E-state index in [0.717, 1.165) is 23.4 Å². The minimum Gasteiger partial charge on any atom is -0.481 e. The summed E-state index contributed by atoms with van der Waals surface area (Å²) in [7, 11) is 1.89. The van der Waals surface area contributed by atoms with Gasteiger partial charge in [0.05, 0.1) is 10.6 Å². The van der Waals surface area contributed by atoms with Crippen LogP contribution in [0.1, 0.15) is 39.0 Å². The number of aromatic nitrogens is 2. The SMILES string of the molecule is CCc1nn(C)cc1CNc1ccc([N+](=O)[O-])c(OC(C)(C)C)c1. The molecule has 0 radical (unpaired) electrons. The molecule has 1 aromatic carbocycles. The van der Waals surface area contributed by atoms with E-state index in [1.807, 2.05) is 34.0 Å². The normalized spacial score (nSPS) is 11.4. The minimum absolute atomic E-state index is 0.0360. The van der Waals surface area contributed by atoms with Crippen molar-refractivity contribution < 1.29 is 9.66 Å². The quantitative estimate of drug-likeness (QED) is 0.644. The third-order valence-corrected chi connectivity index (χ3v) is 3.38. The Balaban J connectivity index is 2.21. The van der Waals surface area contributed by atoms with E-state index >= 15 is 0 Å². The van der Waals surface area contributed by atoms with Gasteiger partial charge in [-0.05, 0) is 33.3 Å². The van der Waals surface area contributed by atoms with Gasteiger partial charge in [-0.25, -0.2) is 0 Å². The molecule has 24 heavy (non-hydrogen) atoms. The van der Waals surface area contributed by atoms with Gasteiger partial charge >= 0.3 is 5.69 Å². The van der Waals surface area contributed by atoms with E-state index in [1.165, 1.54) is 6.07 Å². The molecule has 7 heteroatoms. The van der Waals surface area contributed by atoms with Crippen molar-refractivity contribution >= 4 is 11.4 Å². The van der Waals surface area contributed by atoms with E-state index < -0.39 is 10.5 Å². The van der Waals surface area contributed by atoms with E-state index in [9.17, 15) is 10.1 Å². The number of rotatable bonds is 6. The van der Waals surface area contributed by atoms with Gasteiger partial charge in [0.2, 0.25) is 0 Å². The third kappa shape index (κ3) is 4.47. The highest BCUT2D eigenvalue weighted by Gasteiger charge is 2.21. The van der Waals surface area contributed by atoms with Crippen LogP contribution in [0.2, 0.25) is 0 Å². The molecule has 0 aliphatic rings. The number of nitro groups is 1. The first-order chi connectivity index (χ1) is 11.2. The Kier molecular flexibility index (Phi) is 5.11. The van der Waals surface area contributed by atoms with Gasteiger partial charge in [-0.1, -0.05) is 6.92 Å². The molecule has 0 fully saturated rings. The number of nitrogens with zero attached hydrogens (tertiary/aromatic N) is 3. The van der Waals surface area contributed by atoms with E-state index in [4.69, 9.17) is 4.74 Å². The Bertz CT molecular complexity index is 732. The lowest BCUT2D eigenvalue weighted by atomic mass is 10.1. The average molecular weight is 332 g/mol. The first-order valence-electron chi connectivity index (χ1n) is 7.92. The maximum atomic E-state index is 11.2. The number of nitrogens with one attached hydrogen (secondary N) is 1. The lowest BCUT2D eigenvalue weighted by Gasteiger charge is -2.21. The van der Waals surface area contributed by atoms with Crippen LogP contribution in [0.15, 0.2) is 24.4 Å². The Hall–Kier alpha value is -2.57. The predicted octanol–water partition coefficient (Wildman–Crippen LogP) is 3.68. The zero-order valence-electron chi connectivity index (χ0n) is 14.8. The molecule has 0 aliphatic heterocycles. The zero-order valence-corrected chi connectivity index (χ0v) is 14.8. The molecule has 0 saturated carbocycles. The molecule has 0 atom stereocenters. The van der Waals surface area contributed by atoms with Crippen molar-refractivity contribution in [1.29, 1.82) is 0 Å². The predicted molar refractivity (Wildman–Crippen MR) is 93.4 cm³/mol. The summed E-state index contributed by atoms with van der Waals surface area (Å²) in [6, 6.07) is 4.83. The van der Waals surface area contributed by atoms with E-state index in [1.54, 1.807) is 16.8 Å². The van der Waals surface area contributed by atoms with Crippen molar-refractivity contribution in [2.45, 2.75) is 46.3 Å². The fraction of sp³-hybridized carbons (Fsp3) is 0.471. The van der Waals surface area contributed by atoms with Crippen molar-refractivity contribution in [1.82, 2.24) is 9.78 Å². The standard InChI is InChI=1S/C17H24N4O3/c1-6-14-12(11-20(5)19-14)10-18-13-7-8-15(21(22)23)16(9-13)24-17(2,3)4/h7-9,11,18H,6,10H2,1-5H3. The Morgan fingerprint density at radius 1 is 1.38 bits per heavy atom. The van der Waals surface area contributed by atoms with Gasteiger partial charge in [-0.2, -0.15) is 5.10 Å². The molecule has 7 nitrogen and oxygen atoms in total. The summed E-state index contributed by atoms with van der Waals surface area (Å²) in [5.74, 6) is 0.263. The summed E-state index contributed by atoms with van der Waals surface area (Å²) < 4.78 is 7.53. The first-order valence-corrected chi connectivity index (χ1v) is 7.92. The summed E-state index contributed by atoms with van der Waals surface area (Å²) >= 11 is 0. The maximum Gasteiger partial charge on any atom is 0.311 e. The molecular weight excluding hydrogens is 308 g/mol. The highest BCUT2D eigenvalue weighted by molar-refractivity contribution is 5.58. The van der Waals surface area contributed by atoms with Crippen LogP contribution in [0, 0.1) is 10.1 Å². The number of anilines is 1. The Morgan fingerprint density at radius 3 is 2.67 bits per heavy atom. The van der Waals surface area contributed by atoms with Gasteiger partial charge in [-0.15, -0.1) is 0 Å². The molecule has 0 amide bonds. The molecule has 1 aromatic heterocycles. The smallest absolute Gasteiger partial charge is 0.311 e. The van der Waals surface area contributed by atoms with Crippen molar-refractivity contribution in [3.05, 3.63) is 45.8 Å². The van der Waals surface area contributed by atoms with Crippen molar-refractivity contribution in [2.24, 2.45) is 7.05 Å².